The first kappa shape index (κ1) is 13.3. The third kappa shape index (κ3) is 2.93. The van der Waals surface area contributed by atoms with Crippen LogP contribution in [0.2, 0.25) is 0 Å². The maximum absolute atomic E-state index is 9.98. The lowest BCUT2D eigenvalue weighted by Crippen LogP contribution is -2.31. The molecule has 1 unspecified atom stereocenters. The smallest absolute Gasteiger partial charge is 0.185 e. The number of aliphatic hydroxyl groups is 1. The van der Waals surface area contributed by atoms with Crippen LogP contribution in [0, 0.1) is 0 Å². The van der Waals surface area contributed by atoms with Crippen molar-refractivity contribution in [1.29, 1.82) is 0 Å². The number of fused-ring (bicyclic) bond motifs is 1. The van der Waals surface area contributed by atoms with Gasteiger partial charge in [0.1, 0.15) is 0 Å². The maximum atomic E-state index is 9.98. The number of nitrogens with zero attached hydrogens (tertiary/aromatic N) is 3. The quantitative estimate of drug-likeness (QED) is 0.917. The van der Waals surface area contributed by atoms with Crippen molar-refractivity contribution in [2.75, 3.05) is 38.1 Å². The number of anilines is 1. The van der Waals surface area contributed by atoms with Crippen LogP contribution in [0.1, 0.15) is 42.4 Å². The van der Waals surface area contributed by atoms with Crippen LogP contribution in [0.25, 0.3) is 0 Å². The van der Waals surface area contributed by atoms with E-state index in [9.17, 15) is 5.11 Å². The molecule has 1 N–H and O–H groups in total. The summed E-state index contributed by atoms with van der Waals surface area (Å²) < 4.78 is 0. The lowest BCUT2D eigenvalue weighted by atomic mass is 10.0. The van der Waals surface area contributed by atoms with Gasteiger partial charge in [-0.15, -0.1) is 11.3 Å². The van der Waals surface area contributed by atoms with E-state index in [2.05, 4.69) is 21.8 Å². The zero-order valence-electron chi connectivity index (χ0n) is 11.6. The number of hydrogen-bond acceptors (Lipinski definition) is 5. The Hall–Kier alpha value is -0.650. The van der Waals surface area contributed by atoms with Gasteiger partial charge in [-0.1, -0.05) is 0 Å². The van der Waals surface area contributed by atoms with Crippen molar-refractivity contribution >= 4 is 16.5 Å². The van der Waals surface area contributed by atoms with Gasteiger partial charge in [-0.05, 0) is 45.2 Å². The molecule has 3 rings (SSSR count). The van der Waals surface area contributed by atoms with E-state index in [1.54, 1.807) is 11.3 Å². The van der Waals surface area contributed by atoms with Crippen molar-refractivity contribution in [3.8, 4) is 0 Å². The van der Waals surface area contributed by atoms with E-state index in [-0.39, 0.29) is 6.10 Å². The molecule has 1 aromatic rings. The Morgan fingerprint density at radius 1 is 1.37 bits per heavy atom. The first-order valence-corrected chi connectivity index (χ1v) is 8.17. The Morgan fingerprint density at radius 3 is 2.89 bits per heavy atom. The molecular weight excluding hydrogens is 258 g/mol. The van der Waals surface area contributed by atoms with Crippen molar-refractivity contribution in [1.82, 2.24) is 9.88 Å². The van der Waals surface area contributed by atoms with E-state index in [0.29, 0.717) is 0 Å². The van der Waals surface area contributed by atoms with Crippen molar-refractivity contribution in [3.05, 3.63) is 10.6 Å². The van der Waals surface area contributed by atoms with Gasteiger partial charge in [0.15, 0.2) is 5.13 Å². The fraction of sp³-hybridized carbons (Fsp3) is 0.786. The molecule has 1 atom stereocenters. The fourth-order valence-electron chi connectivity index (χ4n) is 2.94. The zero-order chi connectivity index (χ0) is 13.2. The number of hydrogen-bond donors (Lipinski definition) is 1. The molecule has 0 bridgehead atoms. The highest BCUT2D eigenvalue weighted by molar-refractivity contribution is 7.15. The number of thiazole rings is 1. The Bertz CT molecular complexity index is 428. The Balaban J connectivity index is 1.61. The lowest BCUT2D eigenvalue weighted by Gasteiger charge is -2.20. The van der Waals surface area contributed by atoms with Gasteiger partial charge in [0.05, 0.1) is 11.8 Å². The molecule has 106 valence electrons. The van der Waals surface area contributed by atoms with E-state index < -0.39 is 0 Å². The largest absolute Gasteiger partial charge is 0.387 e. The fourth-order valence-corrected chi connectivity index (χ4v) is 4.08. The zero-order valence-corrected chi connectivity index (χ0v) is 12.5. The molecule has 2 heterocycles. The predicted octanol–water partition coefficient (Wildman–Crippen LogP) is 2.04. The average molecular weight is 281 g/mol. The van der Waals surface area contributed by atoms with Crippen LogP contribution in [-0.4, -0.2) is 48.2 Å². The van der Waals surface area contributed by atoms with Crippen LogP contribution in [0.4, 0.5) is 5.13 Å². The highest BCUT2D eigenvalue weighted by Gasteiger charge is 2.24. The molecule has 1 aromatic heterocycles. The summed E-state index contributed by atoms with van der Waals surface area (Å²) in [5.74, 6) is 0. The van der Waals surface area contributed by atoms with Gasteiger partial charge in [0, 0.05) is 25.0 Å². The second kappa shape index (κ2) is 5.77. The molecule has 19 heavy (non-hydrogen) atoms. The first-order chi connectivity index (χ1) is 9.24. The van der Waals surface area contributed by atoms with Gasteiger partial charge < -0.3 is 14.9 Å². The van der Waals surface area contributed by atoms with Gasteiger partial charge in [-0.25, -0.2) is 4.98 Å². The van der Waals surface area contributed by atoms with E-state index >= 15 is 0 Å². The molecule has 0 saturated carbocycles. The molecule has 1 fully saturated rings. The molecule has 0 amide bonds. The minimum absolute atomic E-state index is 0.333. The number of aliphatic hydroxyl groups excluding tert-OH is 1. The Kier molecular flexibility index (Phi) is 4.05. The van der Waals surface area contributed by atoms with E-state index in [1.807, 2.05) is 0 Å². The molecule has 2 aliphatic rings. The molecular formula is C14H23N3OS. The van der Waals surface area contributed by atoms with Crippen LogP contribution in [0.5, 0.6) is 0 Å². The third-order valence-corrected chi connectivity index (χ3v) is 5.44. The normalized spacial score (nSPS) is 23.6. The van der Waals surface area contributed by atoms with Gasteiger partial charge in [-0.3, -0.25) is 0 Å². The van der Waals surface area contributed by atoms with Gasteiger partial charge >= 0.3 is 0 Å². The molecule has 1 aliphatic carbocycles. The molecule has 4 nitrogen and oxygen atoms in total. The van der Waals surface area contributed by atoms with Crippen molar-refractivity contribution in [2.24, 2.45) is 0 Å². The second-order valence-corrected chi connectivity index (χ2v) is 6.75. The summed E-state index contributed by atoms with van der Waals surface area (Å²) >= 11 is 1.77. The van der Waals surface area contributed by atoms with Crippen molar-refractivity contribution in [2.45, 2.75) is 38.2 Å². The van der Waals surface area contributed by atoms with Crippen LogP contribution >= 0.6 is 11.3 Å². The Morgan fingerprint density at radius 2 is 2.16 bits per heavy atom. The summed E-state index contributed by atoms with van der Waals surface area (Å²) in [5, 5.41) is 11.1. The van der Waals surface area contributed by atoms with E-state index in [0.717, 1.165) is 43.2 Å². The SMILES string of the molecule is CN(CCN1CCCC1)c1nc2c(s1)CCCC2O. The van der Waals surface area contributed by atoms with Gasteiger partial charge in [0.2, 0.25) is 0 Å². The minimum Gasteiger partial charge on any atom is -0.387 e. The summed E-state index contributed by atoms with van der Waals surface area (Å²) in [4.78, 5) is 10.7. The summed E-state index contributed by atoms with van der Waals surface area (Å²) in [6, 6.07) is 0. The van der Waals surface area contributed by atoms with E-state index in [4.69, 9.17) is 0 Å². The third-order valence-electron chi connectivity index (χ3n) is 4.19. The number of likely N-dealkylation sites (N-methyl/N-ethyl adjacent to an activating group) is 1. The Labute approximate surface area is 119 Å². The minimum atomic E-state index is -0.333. The van der Waals surface area contributed by atoms with Crippen LogP contribution < -0.4 is 4.90 Å². The second-order valence-electron chi connectivity index (χ2n) is 5.68. The summed E-state index contributed by atoms with van der Waals surface area (Å²) in [7, 11) is 2.12. The van der Waals surface area contributed by atoms with Crippen molar-refractivity contribution < 1.29 is 5.11 Å². The van der Waals surface area contributed by atoms with Crippen LogP contribution in [0.15, 0.2) is 0 Å². The molecule has 1 aliphatic heterocycles. The number of aromatic nitrogens is 1. The monoisotopic (exact) mass is 281 g/mol. The topological polar surface area (TPSA) is 39.6 Å². The van der Waals surface area contributed by atoms with Crippen molar-refractivity contribution in [3.63, 3.8) is 0 Å². The summed E-state index contributed by atoms with van der Waals surface area (Å²) in [6.45, 7) is 4.66. The first-order valence-electron chi connectivity index (χ1n) is 7.35. The molecule has 0 aromatic carbocycles. The molecule has 0 spiro atoms. The molecule has 0 radical (unpaired) electrons. The number of rotatable bonds is 4. The molecule has 5 heteroatoms. The number of likely N-dealkylation sites (tertiary alicyclic amines) is 1. The van der Waals surface area contributed by atoms with Gasteiger partial charge in [0.25, 0.3) is 0 Å². The average Bonchev–Trinajstić information content (AvgIpc) is 3.05. The highest BCUT2D eigenvalue weighted by atomic mass is 32.1. The number of aryl methyl sites for hydroxylation is 1. The lowest BCUT2D eigenvalue weighted by molar-refractivity contribution is 0.153. The predicted molar refractivity (Wildman–Crippen MR) is 79.0 cm³/mol. The van der Waals surface area contributed by atoms with Crippen LogP contribution in [0.3, 0.4) is 0 Å². The van der Waals surface area contributed by atoms with E-state index in [1.165, 1.54) is 30.8 Å². The van der Waals surface area contributed by atoms with Gasteiger partial charge in [-0.2, -0.15) is 0 Å². The van der Waals surface area contributed by atoms with Crippen LogP contribution in [-0.2, 0) is 6.42 Å². The molecule has 1 saturated heterocycles. The highest BCUT2D eigenvalue weighted by Crippen LogP contribution is 2.36. The summed E-state index contributed by atoms with van der Waals surface area (Å²) in [5.41, 5.74) is 0.944. The summed E-state index contributed by atoms with van der Waals surface area (Å²) in [6.07, 6.45) is 5.41. The maximum Gasteiger partial charge on any atom is 0.185 e. The standard InChI is InChI=1S/C14H23N3OS/c1-16(9-10-17-7-2-3-8-17)14-15-13-11(18)5-4-6-12(13)19-14/h11,18H,2-10H2,1H3.